The molecule has 0 saturated carbocycles. The first-order valence-corrected chi connectivity index (χ1v) is 8.48. The van der Waals surface area contributed by atoms with Gasteiger partial charge in [0.2, 0.25) is 5.76 Å². The molecular weight excluding hydrogens is 370 g/mol. The monoisotopic (exact) mass is 385 g/mol. The lowest BCUT2D eigenvalue weighted by Gasteiger charge is -2.08. The zero-order valence-electron chi connectivity index (χ0n) is 14.7. The lowest BCUT2D eigenvalue weighted by molar-refractivity contribution is -0.119. The summed E-state index contributed by atoms with van der Waals surface area (Å²) in [5, 5.41) is 3.29. The van der Waals surface area contributed by atoms with Crippen LogP contribution in [-0.4, -0.2) is 18.5 Å². The summed E-state index contributed by atoms with van der Waals surface area (Å²) >= 11 is 5.85. The third kappa shape index (κ3) is 4.54. The second kappa shape index (κ2) is 7.63. The van der Waals surface area contributed by atoms with Crippen molar-refractivity contribution in [3.8, 4) is 0 Å². The standard InChI is InChI=1S/C20H16ClNO5/c1-11-5-12(2)7-14(6-11)22-19(24)10-26-20(25)18-9-16(23)15-8-13(21)3-4-17(15)27-18/h3-9H,10H2,1-2H3,(H,22,24). The fraction of sp³-hybridized carbons (Fsp3) is 0.150. The fourth-order valence-corrected chi connectivity index (χ4v) is 2.85. The number of nitrogens with one attached hydrogen (secondary N) is 1. The van der Waals surface area contributed by atoms with Crippen LogP contribution in [0.2, 0.25) is 5.02 Å². The molecule has 138 valence electrons. The quantitative estimate of drug-likeness (QED) is 0.689. The Morgan fingerprint density at radius 1 is 1.07 bits per heavy atom. The average Bonchev–Trinajstić information content (AvgIpc) is 2.59. The van der Waals surface area contributed by atoms with Crippen LogP contribution in [-0.2, 0) is 9.53 Å². The Balaban J connectivity index is 1.68. The zero-order valence-corrected chi connectivity index (χ0v) is 15.4. The summed E-state index contributed by atoms with van der Waals surface area (Å²) in [6.07, 6.45) is 0. The zero-order chi connectivity index (χ0) is 19.6. The molecule has 27 heavy (non-hydrogen) atoms. The van der Waals surface area contributed by atoms with Crippen molar-refractivity contribution in [3.05, 3.63) is 74.6 Å². The number of anilines is 1. The van der Waals surface area contributed by atoms with Gasteiger partial charge in [-0.05, 0) is 55.3 Å². The molecule has 0 bridgehead atoms. The Morgan fingerprint density at radius 3 is 2.48 bits per heavy atom. The lowest BCUT2D eigenvalue weighted by Crippen LogP contribution is -2.21. The number of carbonyl (C=O) groups is 2. The van der Waals surface area contributed by atoms with Crippen molar-refractivity contribution >= 4 is 40.1 Å². The van der Waals surface area contributed by atoms with E-state index in [1.54, 1.807) is 18.2 Å². The van der Waals surface area contributed by atoms with Crippen LogP contribution in [0.15, 0.2) is 51.7 Å². The molecule has 0 aliphatic carbocycles. The molecule has 7 heteroatoms. The maximum atomic E-state index is 12.1. The Hall–Kier alpha value is -3.12. The Morgan fingerprint density at radius 2 is 1.78 bits per heavy atom. The highest BCUT2D eigenvalue weighted by atomic mass is 35.5. The number of halogens is 1. The molecule has 3 aromatic rings. The first-order valence-electron chi connectivity index (χ1n) is 8.10. The number of ether oxygens (including phenoxy) is 1. The first kappa shape index (κ1) is 18.7. The minimum absolute atomic E-state index is 0.207. The van der Waals surface area contributed by atoms with E-state index in [0.717, 1.165) is 17.2 Å². The number of hydrogen-bond donors (Lipinski definition) is 1. The van der Waals surface area contributed by atoms with Crippen molar-refractivity contribution < 1.29 is 18.7 Å². The number of hydrogen-bond acceptors (Lipinski definition) is 5. The number of esters is 1. The van der Waals surface area contributed by atoms with Crippen molar-refractivity contribution in [1.82, 2.24) is 0 Å². The number of rotatable bonds is 4. The Bertz CT molecular complexity index is 1080. The van der Waals surface area contributed by atoms with E-state index in [2.05, 4.69) is 5.32 Å². The van der Waals surface area contributed by atoms with Gasteiger partial charge in [-0.25, -0.2) is 4.79 Å². The largest absolute Gasteiger partial charge is 0.450 e. The highest BCUT2D eigenvalue weighted by Crippen LogP contribution is 2.18. The van der Waals surface area contributed by atoms with Gasteiger partial charge in [0, 0.05) is 16.8 Å². The van der Waals surface area contributed by atoms with Crippen molar-refractivity contribution in [2.75, 3.05) is 11.9 Å². The van der Waals surface area contributed by atoms with Gasteiger partial charge in [-0.3, -0.25) is 9.59 Å². The maximum absolute atomic E-state index is 12.1. The summed E-state index contributed by atoms with van der Waals surface area (Å²) in [6, 6.07) is 11.1. The van der Waals surface area contributed by atoms with E-state index >= 15 is 0 Å². The van der Waals surface area contributed by atoms with E-state index in [-0.39, 0.29) is 16.7 Å². The third-order valence-corrected chi connectivity index (χ3v) is 3.97. The van der Waals surface area contributed by atoms with Gasteiger partial charge in [-0.2, -0.15) is 0 Å². The SMILES string of the molecule is Cc1cc(C)cc(NC(=O)COC(=O)c2cc(=O)c3cc(Cl)ccc3o2)c1. The topological polar surface area (TPSA) is 85.6 Å². The molecule has 0 atom stereocenters. The average molecular weight is 386 g/mol. The van der Waals surface area contributed by atoms with Crippen LogP contribution in [0.25, 0.3) is 11.0 Å². The minimum Gasteiger partial charge on any atom is -0.450 e. The molecule has 2 aromatic carbocycles. The van der Waals surface area contributed by atoms with Crippen molar-refractivity contribution in [2.24, 2.45) is 0 Å². The number of fused-ring (bicyclic) bond motifs is 1. The Kier molecular flexibility index (Phi) is 5.28. The molecule has 3 rings (SSSR count). The van der Waals surface area contributed by atoms with Crippen LogP contribution >= 0.6 is 11.6 Å². The molecule has 0 spiro atoms. The van der Waals surface area contributed by atoms with Crippen LogP contribution in [0, 0.1) is 13.8 Å². The van der Waals surface area contributed by atoms with Gasteiger partial charge in [-0.1, -0.05) is 17.7 Å². The van der Waals surface area contributed by atoms with Crippen LogP contribution < -0.4 is 10.7 Å². The van der Waals surface area contributed by atoms with E-state index in [1.165, 1.54) is 12.1 Å². The molecule has 0 radical (unpaired) electrons. The predicted octanol–water partition coefficient (Wildman–Crippen LogP) is 3.86. The number of amides is 1. The van der Waals surface area contributed by atoms with Crippen molar-refractivity contribution in [3.63, 3.8) is 0 Å². The molecule has 0 fully saturated rings. The summed E-state index contributed by atoms with van der Waals surface area (Å²) in [6.45, 7) is 3.32. The normalized spacial score (nSPS) is 10.6. The van der Waals surface area contributed by atoms with Crippen LogP contribution in [0.3, 0.4) is 0 Å². The molecule has 0 aliphatic heterocycles. The number of aryl methyl sites for hydroxylation is 2. The molecule has 1 N–H and O–H groups in total. The summed E-state index contributed by atoms with van der Waals surface area (Å²) in [4.78, 5) is 36.2. The van der Waals surface area contributed by atoms with E-state index in [0.29, 0.717) is 10.7 Å². The highest BCUT2D eigenvalue weighted by molar-refractivity contribution is 6.31. The Labute approximate surface area is 159 Å². The molecule has 0 aliphatic rings. The van der Waals surface area contributed by atoms with E-state index < -0.39 is 23.9 Å². The first-order chi connectivity index (χ1) is 12.8. The highest BCUT2D eigenvalue weighted by Gasteiger charge is 2.16. The van der Waals surface area contributed by atoms with E-state index in [9.17, 15) is 14.4 Å². The molecular formula is C20H16ClNO5. The van der Waals surface area contributed by atoms with Crippen LogP contribution in [0.5, 0.6) is 0 Å². The summed E-state index contributed by atoms with van der Waals surface area (Å²) in [7, 11) is 0. The molecule has 1 heterocycles. The predicted molar refractivity (Wildman–Crippen MR) is 102 cm³/mol. The molecule has 1 amide bonds. The summed E-state index contributed by atoms with van der Waals surface area (Å²) < 4.78 is 10.3. The summed E-state index contributed by atoms with van der Waals surface area (Å²) in [5.74, 6) is -1.68. The smallest absolute Gasteiger partial charge is 0.374 e. The van der Waals surface area contributed by atoms with Gasteiger partial charge in [0.15, 0.2) is 12.0 Å². The van der Waals surface area contributed by atoms with Gasteiger partial charge in [0.05, 0.1) is 5.39 Å². The molecule has 0 saturated heterocycles. The van der Waals surface area contributed by atoms with Gasteiger partial charge >= 0.3 is 5.97 Å². The minimum atomic E-state index is -0.903. The van der Waals surface area contributed by atoms with Crippen molar-refractivity contribution in [2.45, 2.75) is 13.8 Å². The molecule has 0 unspecified atom stereocenters. The van der Waals surface area contributed by atoms with Gasteiger partial charge < -0.3 is 14.5 Å². The second-order valence-electron chi connectivity index (χ2n) is 6.12. The number of carbonyl (C=O) groups excluding carboxylic acids is 2. The second-order valence-corrected chi connectivity index (χ2v) is 6.55. The lowest BCUT2D eigenvalue weighted by atomic mass is 10.1. The maximum Gasteiger partial charge on any atom is 0.374 e. The number of benzene rings is 2. The van der Waals surface area contributed by atoms with Gasteiger partial charge in [0.1, 0.15) is 5.58 Å². The fourth-order valence-electron chi connectivity index (χ4n) is 2.68. The summed E-state index contributed by atoms with van der Waals surface area (Å²) in [5.41, 5.74) is 2.40. The molecule has 1 aromatic heterocycles. The van der Waals surface area contributed by atoms with Gasteiger partial charge in [0.25, 0.3) is 5.91 Å². The van der Waals surface area contributed by atoms with Crippen LogP contribution in [0.1, 0.15) is 21.7 Å². The van der Waals surface area contributed by atoms with E-state index in [1.807, 2.05) is 19.9 Å². The molecule has 6 nitrogen and oxygen atoms in total. The van der Waals surface area contributed by atoms with Gasteiger partial charge in [-0.15, -0.1) is 0 Å². The van der Waals surface area contributed by atoms with Crippen molar-refractivity contribution in [1.29, 1.82) is 0 Å². The van der Waals surface area contributed by atoms with E-state index in [4.69, 9.17) is 20.8 Å². The van der Waals surface area contributed by atoms with Crippen LogP contribution in [0.4, 0.5) is 5.69 Å². The third-order valence-electron chi connectivity index (χ3n) is 3.73.